The van der Waals surface area contributed by atoms with Crippen molar-refractivity contribution in [2.24, 2.45) is 0 Å². The average Bonchev–Trinajstić information content (AvgIpc) is 2.98. The molecule has 0 saturated carbocycles. The van der Waals surface area contributed by atoms with E-state index in [1.54, 1.807) is 20.1 Å². The summed E-state index contributed by atoms with van der Waals surface area (Å²) in [7, 11) is 2.05. The van der Waals surface area contributed by atoms with Crippen LogP contribution in [0, 0.1) is 6.92 Å². The van der Waals surface area contributed by atoms with Gasteiger partial charge in [-0.25, -0.2) is 0 Å². The van der Waals surface area contributed by atoms with E-state index in [9.17, 15) is 24.9 Å². The molecule has 2 fully saturated rings. The predicted molar refractivity (Wildman–Crippen MR) is 169 cm³/mol. The minimum atomic E-state index is -1.28. The summed E-state index contributed by atoms with van der Waals surface area (Å²) in [6, 6.07) is 14.3. The van der Waals surface area contributed by atoms with E-state index in [-0.39, 0.29) is 11.8 Å². The molecule has 2 aromatic rings. The molecule has 43 heavy (non-hydrogen) atoms. The van der Waals surface area contributed by atoms with Gasteiger partial charge >= 0.3 is 0 Å². The van der Waals surface area contributed by atoms with Gasteiger partial charge in [0, 0.05) is 32.6 Å². The molecule has 5 atom stereocenters. The van der Waals surface area contributed by atoms with Crippen molar-refractivity contribution in [3.05, 3.63) is 70.3 Å². The maximum Gasteiger partial charge on any atom is 0.247 e. The van der Waals surface area contributed by atoms with Crippen LogP contribution in [0.3, 0.4) is 0 Å². The molecule has 0 aromatic heterocycles. The minimum absolute atomic E-state index is 0.0340. The number of piperazine rings is 1. The Hall–Kier alpha value is -2.47. The Balaban J connectivity index is 1.29. The van der Waals surface area contributed by atoms with E-state index in [0.29, 0.717) is 32.4 Å². The molecule has 10 heteroatoms. The highest BCUT2D eigenvalue weighted by Gasteiger charge is 2.44. The van der Waals surface area contributed by atoms with Gasteiger partial charge in [-0.05, 0) is 81.2 Å². The SMILES string of the molecule is CSC1OC(c2ccc(C)c(Cc3ccc(CCCC(=O)NC(C)(C)C(=O)N4CCN(C)CC4)cc3)c2)C(O)C(O)C1O. The van der Waals surface area contributed by atoms with Gasteiger partial charge in [-0.15, -0.1) is 11.8 Å². The number of carbonyl (C=O) groups is 2. The number of aliphatic hydroxyl groups is 3. The van der Waals surface area contributed by atoms with Crippen LogP contribution in [-0.4, -0.2) is 106 Å². The molecule has 2 amide bonds. The molecule has 4 N–H and O–H groups in total. The highest BCUT2D eigenvalue weighted by molar-refractivity contribution is 7.99. The fraction of sp³-hybridized carbons (Fsp3) is 0.576. The Bertz CT molecular complexity index is 1250. The average molecular weight is 614 g/mol. The van der Waals surface area contributed by atoms with E-state index in [1.165, 1.54) is 11.8 Å². The van der Waals surface area contributed by atoms with Gasteiger partial charge in [0.05, 0.1) is 0 Å². The number of likely N-dealkylation sites (N-methyl/N-ethyl adjacent to an activating group) is 1. The number of thioether (sulfide) groups is 1. The third-order valence-corrected chi connectivity index (χ3v) is 9.42. The monoisotopic (exact) mass is 613 g/mol. The molecule has 0 spiro atoms. The molecule has 236 valence electrons. The first-order chi connectivity index (χ1) is 20.4. The predicted octanol–water partition coefficient (Wildman–Crippen LogP) is 2.42. The Kier molecular flexibility index (Phi) is 11.3. The summed E-state index contributed by atoms with van der Waals surface area (Å²) in [6.45, 7) is 8.65. The number of rotatable bonds is 10. The molecule has 0 bridgehead atoms. The summed E-state index contributed by atoms with van der Waals surface area (Å²) in [5.74, 6) is -0.147. The number of hydrogen-bond donors (Lipinski definition) is 4. The maximum atomic E-state index is 13.0. The standard InChI is InChI=1S/C33H47N3O6S/c1-21-9-14-24(30-28(39)27(38)29(40)31(42-30)43-5)20-25(21)19-23-12-10-22(11-13-23)7-6-8-26(37)34-33(2,3)32(41)36-17-15-35(4)16-18-36/h9-14,20,27-31,38-40H,6-8,15-19H2,1-5H3,(H,34,37). The molecule has 2 heterocycles. The summed E-state index contributed by atoms with van der Waals surface area (Å²) in [5.41, 5.74) is 3.69. The summed E-state index contributed by atoms with van der Waals surface area (Å²) < 4.78 is 5.96. The van der Waals surface area contributed by atoms with Crippen LogP contribution in [0.5, 0.6) is 0 Å². The first kappa shape index (κ1) is 33.4. The van der Waals surface area contributed by atoms with Gasteiger partial charge < -0.3 is 35.2 Å². The first-order valence-electron chi connectivity index (χ1n) is 15.1. The van der Waals surface area contributed by atoms with E-state index in [1.807, 2.05) is 37.1 Å². The Labute approximate surface area is 259 Å². The highest BCUT2D eigenvalue weighted by atomic mass is 32.2. The number of hydrogen-bond acceptors (Lipinski definition) is 8. The number of carbonyl (C=O) groups excluding carboxylic acids is 2. The zero-order valence-electron chi connectivity index (χ0n) is 26.0. The van der Waals surface area contributed by atoms with Crippen LogP contribution in [-0.2, 0) is 27.2 Å². The van der Waals surface area contributed by atoms with Gasteiger partial charge in [-0.1, -0.05) is 42.5 Å². The zero-order chi connectivity index (χ0) is 31.3. The fourth-order valence-electron chi connectivity index (χ4n) is 5.74. The second-order valence-corrected chi connectivity index (χ2v) is 13.4. The zero-order valence-corrected chi connectivity index (χ0v) is 26.8. The van der Waals surface area contributed by atoms with Gasteiger partial charge in [0.2, 0.25) is 11.8 Å². The van der Waals surface area contributed by atoms with E-state index in [4.69, 9.17) is 4.74 Å². The molecule has 5 unspecified atom stereocenters. The molecule has 4 rings (SSSR count). The first-order valence-corrected chi connectivity index (χ1v) is 16.4. The van der Waals surface area contributed by atoms with Gasteiger partial charge in [-0.3, -0.25) is 9.59 Å². The lowest BCUT2D eigenvalue weighted by Crippen LogP contribution is -2.59. The molecule has 2 aromatic carbocycles. The number of nitrogens with zero attached hydrogens (tertiary/aromatic N) is 2. The van der Waals surface area contributed by atoms with Gasteiger partial charge in [0.15, 0.2) is 0 Å². The van der Waals surface area contributed by atoms with Crippen LogP contribution >= 0.6 is 11.8 Å². The molecular formula is C33H47N3O6S. The van der Waals surface area contributed by atoms with Crippen molar-refractivity contribution in [1.29, 1.82) is 0 Å². The van der Waals surface area contributed by atoms with Crippen molar-refractivity contribution < 1.29 is 29.6 Å². The van der Waals surface area contributed by atoms with Gasteiger partial charge in [0.25, 0.3) is 0 Å². The van der Waals surface area contributed by atoms with Crippen LogP contribution in [0.25, 0.3) is 0 Å². The smallest absolute Gasteiger partial charge is 0.247 e. The number of aryl methyl sites for hydroxylation is 2. The lowest BCUT2D eigenvalue weighted by Gasteiger charge is -2.40. The van der Waals surface area contributed by atoms with Crippen molar-refractivity contribution in [2.75, 3.05) is 39.5 Å². The minimum Gasteiger partial charge on any atom is -0.387 e. The molecular weight excluding hydrogens is 566 g/mol. The van der Waals surface area contributed by atoms with E-state index < -0.39 is 35.4 Å². The second-order valence-electron chi connectivity index (χ2n) is 12.4. The Morgan fingerprint density at radius 2 is 1.63 bits per heavy atom. The largest absolute Gasteiger partial charge is 0.387 e. The van der Waals surface area contributed by atoms with Crippen LogP contribution in [0.1, 0.15) is 60.6 Å². The third kappa shape index (κ3) is 8.38. The molecule has 2 aliphatic rings. The van der Waals surface area contributed by atoms with Crippen molar-refractivity contribution in [2.45, 2.75) is 81.8 Å². The summed E-state index contributed by atoms with van der Waals surface area (Å²) in [5, 5.41) is 34.1. The molecule has 2 saturated heterocycles. The third-order valence-electron chi connectivity index (χ3n) is 8.57. The number of nitrogens with one attached hydrogen (secondary N) is 1. The van der Waals surface area contributed by atoms with Crippen molar-refractivity contribution in [3.8, 4) is 0 Å². The maximum absolute atomic E-state index is 13.0. The summed E-state index contributed by atoms with van der Waals surface area (Å²) in [4.78, 5) is 29.7. The number of ether oxygens (including phenoxy) is 1. The van der Waals surface area contributed by atoms with Gasteiger partial charge in [0.1, 0.15) is 35.4 Å². The molecule has 0 radical (unpaired) electrons. The Morgan fingerprint density at radius 3 is 2.28 bits per heavy atom. The van der Waals surface area contributed by atoms with E-state index >= 15 is 0 Å². The summed E-state index contributed by atoms with van der Waals surface area (Å²) in [6.07, 6.45) is -0.0944. The van der Waals surface area contributed by atoms with Crippen LogP contribution in [0.2, 0.25) is 0 Å². The number of benzene rings is 2. The number of amides is 2. The van der Waals surface area contributed by atoms with Gasteiger partial charge in [-0.2, -0.15) is 0 Å². The lowest BCUT2D eigenvalue weighted by molar-refractivity contribution is -0.200. The molecule has 9 nitrogen and oxygen atoms in total. The normalized spacial score (nSPS) is 25.0. The Morgan fingerprint density at radius 1 is 0.977 bits per heavy atom. The second kappa shape index (κ2) is 14.5. The topological polar surface area (TPSA) is 123 Å². The van der Waals surface area contributed by atoms with Crippen molar-refractivity contribution in [1.82, 2.24) is 15.1 Å². The van der Waals surface area contributed by atoms with Crippen LogP contribution in [0.15, 0.2) is 42.5 Å². The van der Waals surface area contributed by atoms with E-state index in [2.05, 4.69) is 34.5 Å². The van der Waals surface area contributed by atoms with Crippen molar-refractivity contribution in [3.63, 3.8) is 0 Å². The summed E-state index contributed by atoms with van der Waals surface area (Å²) >= 11 is 1.30. The fourth-order valence-corrected chi connectivity index (χ4v) is 6.41. The van der Waals surface area contributed by atoms with Crippen LogP contribution in [0.4, 0.5) is 0 Å². The molecule has 0 aliphatic carbocycles. The quantitative estimate of drug-likeness (QED) is 0.323. The highest BCUT2D eigenvalue weighted by Crippen LogP contribution is 2.36. The van der Waals surface area contributed by atoms with Crippen LogP contribution < -0.4 is 5.32 Å². The van der Waals surface area contributed by atoms with Crippen molar-refractivity contribution >= 4 is 23.6 Å². The molecule has 2 aliphatic heterocycles. The van der Waals surface area contributed by atoms with E-state index in [0.717, 1.165) is 47.3 Å². The lowest BCUT2D eigenvalue weighted by atomic mass is 9.91. The number of aliphatic hydroxyl groups excluding tert-OH is 3.